The number of benzene rings is 1. The number of nitrogens with zero attached hydrogens (tertiary/aromatic N) is 3. The number of aromatic carboxylic acids is 1. The Kier molecular flexibility index (Phi) is 3.95. The molecule has 0 unspecified atom stereocenters. The summed E-state index contributed by atoms with van der Waals surface area (Å²) in [6.45, 7) is 0. The lowest BCUT2D eigenvalue weighted by molar-refractivity contribution is 0.0695. The highest BCUT2D eigenvalue weighted by Crippen LogP contribution is 2.40. The molecule has 0 aliphatic rings. The maximum absolute atomic E-state index is 11.0. The molecule has 0 aliphatic carbocycles. The fourth-order valence-corrected chi connectivity index (χ4v) is 2.36. The van der Waals surface area contributed by atoms with Gasteiger partial charge in [0.25, 0.3) is 0 Å². The van der Waals surface area contributed by atoms with Gasteiger partial charge in [0, 0.05) is 24.0 Å². The summed E-state index contributed by atoms with van der Waals surface area (Å²) in [4.78, 5) is 15.1. The molecule has 0 atom stereocenters. The summed E-state index contributed by atoms with van der Waals surface area (Å²) in [5, 5.41) is 13.4. The van der Waals surface area contributed by atoms with E-state index in [-0.39, 0.29) is 5.56 Å². The Bertz CT molecular complexity index is 894. The highest BCUT2D eigenvalue weighted by atomic mass is 16.5. The topological polar surface area (TPSA) is 95.2 Å². The van der Waals surface area contributed by atoms with Crippen LogP contribution in [0.5, 0.6) is 17.2 Å². The molecule has 124 valence electrons. The maximum atomic E-state index is 11.0. The minimum absolute atomic E-state index is 0.0574. The van der Waals surface area contributed by atoms with Gasteiger partial charge in [-0.25, -0.2) is 14.3 Å². The third-order valence-electron chi connectivity index (χ3n) is 3.52. The fraction of sp³-hybridized carbons (Fsp3) is 0.188. The lowest BCUT2D eigenvalue weighted by Gasteiger charge is -2.13. The van der Waals surface area contributed by atoms with Gasteiger partial charge in [-0.15, -0.1) is 0 Å². The van der Waals surface area contributed by atoms with Crippen molar-refractivity contribution in [2.45, 2.75) is 0 Å². The monoisotopic (exact) mass is 329 g/mol. The predicted molar refractivity (Wildman–Crippen MR) is 85.0 cm³/mol. The lowest BCUT2D eigenvalue weighted by Crippen LogP contribution is -2.01. The Morgan fingerprint density at radius 3 is 2.29 bits per heavy atom. The molecule has 0 fully saturated rings. The van der Waals surface area contributed by atoms with Gasteiger partial charge in [0.2, 0.25) is 5.75 Å². The van der Waals surface area contributed by atoms with E-state index in [2.05, 4.69) is 10.1 Å². The van der Waals surface area contributed by atoms with Crippen molar-refractivity contribution in [3.63, 3.8) is 0 Å². The molecule has 0 amide bonds. The number of hydrogen-bond acceptors (Lipinski definition) is 6. The molecule has 2 aromatic heterocycles. The molecule has 2 heterocycles. The summed E-state index contributed by atoms with van der Waals surface area (Å²) in [5.74, 6) is 0.430. The molecule has 1 aromatic carbocycles. The molecule has 0 saturated heterocycles. The quantitative estimate of drug-likeness (QED) is 0.766. The SMILES string of the molecule is COc1cc(-c2cc3ncc(C(=O)O)cn3n2)cc(OC)c1OC. The van der Waals surface area contributed by atoms with Gasteiger partial charge in [0.05, 0.1) is 32.6 Å². The zero-order valence-corrected chi connectivity index (χ0v) is 13.3. The van der Waals surface area contributed by atoms with Crippen LogP contribution >= 0.6 is 0 Å². The molecule has 0 bridgehead atoms. The van der Waals surface area contributed by atoms with Crippen molar-refractivity contribution in [1.29, 1.82) is 0 Å². The average molecular weight is 329 g/mol. The number of hydrogen-bond donors (Lipinski definition) is 1. The van der Waals surface area contributed by atoms with E-state index >= 15 is 0 Å². The molecule has 0 radical (unpaired) electrons. The molecule has 1 N–H and O–H groups in total. The molecule has 8 heteroatoms. The summed E-state index contributed by atoms with van der Waals surface area (Å²) in [6, 6.07) is 5.27. The molecular weight excluding hydrogens is 314 g/mol. The molecule has 0 spiro atoms. The first-order chi connectivity index (χ1) is 11.6. The van der Waals surface area contributed by atoms with E-state index in [1.807, 2.05) is 0 Å². The van der Waals surface area contributed by atoms with Crippen molar-refractivity contribution in [1.82, 2.24) is 14.6 Å². The zero-order valence-electron chi connectivity index (χ0n) is 13.3. The van der Waals surface area contributed by atoms with Crippen LogP contribution in [0.15, 0.2) is 30.6 Å². The number of carbonyl (C=O) groups is 1. The van der Waals surface area contributed by atoms with Crippen LogP contribution in [0, 0.1) is 0 Å². The summed E-state index contributed by atoms with van der Waals surface area (Å²) in [5.41, 5.74) is 1.92. The molecule has 0 aliphatic heterocycles. The Morgan fingerprint density at radius 1 is 1.08 bits per heavy atom. The number of rotatable bonds is 5. The third kappa shape index (κ3) is 2.58. The standard InChI is InChI=1S/C16H15N3O5/c1-22-12-4-9(5-13(23-2)15(12)24-3)11-6-14-17-7-10(16(20)21)8-19(14)18-11/h4-8H,1-3H3,(H,20,21). The van der Waals surface area contributed by atoms with Gasteiger partial charge >= 0.3 is 5.97 Å². The number of carboxylic acid groups (broad SMARTS) is 1. The molecule has 0 saturated carbocycles. The second-order valence-electron chi connectivity index (χ2n) is 4.89. The number of methoxy groups -OCH3 is 3. The summed E-state index contributed by atoms with van der Waals surface area (Å²) in [7, 11) is 4.60. The largest absolute Gasteiger partial charge is 0.493 e. The fourth-order valence-electron chi connectivity index (χ4n) is 2.36. The maximum Gasteiger partial charge on any atom is 0.338 e. The van der Waals surface area contributed by atoms with Gasteiger partial charge in [-0.3, -0.25) is 0 Å². The van der Waals surface area contributed by atoms with Crippen LogP contribution in [0.2, 0.25) is 0 Å². The van der Waals surface area contributed by atoms with Crippen molar-refractivity contribution >= 4 is 11.6 Å². The van der Waals surface area contributed by atoms with Crippen LogP contribution < -0.4 is 14.2 Å². The Morgan fingerprint density at radius 2 is 1.75 bits per heavy atom. The lowest BCUT2D eigenvalue weighted by atomic mass is 10.1. The highest BCUT2D eigenvalue weighted by molar-refractivity contribution is 5.87. The first-order valence-corrected chi connectivity index (χ1v) is 6.96. The molecule has 3 rings (SSSR count). The molecule has 8 nitrogen and oxygen atoms in total. The van der Waals surface area contributed by atoms with Crippen molar-refractivity contribution < 1.29 is 24.1 Å². The van der Waals surface area contributed by atoms with E-state index in [1.165, 1.54) is 38.2 Å². The van der Waals surface area contributed by atoms with Gasteiger partial charge in [0.15, 0.2) is 17.1 Å². The second-order valence-corrected chi connectivity index (χ2v) is 4.89. The number of fused-ring (bicyclic) bond motifs is 1. The van der Waals surface area contributed by atoms with E-state index in [4.69, 9.17) is 19.3 Å². The number of ether oxygens (including phenoxy) is 3. The number of carboxylic acids is 1. The van der Waals surface area contributed by atoms with Crippen LogP contribution in [-0.4, -0.2) is 47.0 Å². The Balaban J connectivity index is 2.14. The van der Waals surface area contributed by atoms with Crippen molar-refractivity contribution in [2.75, 3.05) is 21.3 Å². The first-order valence-electron chi connectivity index (χ1n) is 6.96. The minimum Gasteiger partial charge on any atom is -0.493 e. The van der Waals surface area contributed by atoms with E-state index < -0.39 is 5.97 Å². The average Bonchev–Trinajstić information content (AvgIpc) is 3.03. The molecule has 3 aromatic rings. The zero-order chi connectivity index (χ0) is 17.3. The van der Waals surface area contributed by atoms with Gasteiger partial charge in [-0.2, -0.15) is 5.10 Å². The Labute approximate surface area is 137 Å². The third-order valence-corrected chi connectivity index (χ3v) is 3.52. The summed E-state index contributed by atoms with van der Waals surface area (Å²) in [6.07, 6.45) is 2.70. The van der Waals surface area contributed by atoms with E-state index in [0.29, 0.717) is 28.6 Å². The van der Waals surface area contributed by atoms with Gasteiger partial charge < -0.3 is 19.3 Å². The normalized spacial score (nSPS) is 10.6. The van der Waals surface area contributed by atoms with Gasteiger partial charge in [-0.1, -0.05) is 0 Å². The highest BCUT2D eigenvalue weighted by Gasteiger charge is 2.16. The summed E-state index contributed by atoms with van der Waals surface area (Å²) < 4.78 is 17.4. The van der Waals surface area contributed by atoms with Crippen LogP contribution in [-0.2, 0) is 0 Å². The predicted octanol–water partition coefficient (Wildman–Crippen LogP) is 2.12. The molecule has 24 heavy (non-hydrogen) atoms. The van der Waals surface area contributed by atoms with Crippen molar-refractivity contribution in [3.05, 3.63) is 36.2 Å². The Hall–Kier alpha value is -3.29. The minimum atomic E-state index is -1.06. The van der Waals surface area contributed by atoms with Crippen LogP contribution in [0.3, 0.4) is 0 Å². The van der Waals surface area contributed by atoms with Gasteiger partial charge in [0.1, 0.15) is 0 Å². The smallest absolute Gasteiger partial charge is 0.338 e. The van der Waals surface area contributed by atoms with E-state index in [0.717, 1.165) is 5.56 Å². The molecular formula is C16H15N3O5. The van der Waals surface area contributed by atoms with Crippen LogP contribution in [0.4, 0.5) is 0 Å². The van der Waals surface area contributed by atoms with Crippen molar-refractivity contribution in [2.24, 2.45) is 0 Å². The van der Waals surface area contributed by atoms with Gasteiger partial charge in [-0.05, 0) is 12.1 Å². The van der Waals surface area contributed by atoms with Crippen LogP contribution in [0.25, 0.3) is 16.9 Å². The van der Waals surface area contributed by atoms with Crippen LogP contribution in [0.1, 0.15) is 10.4 Å². The number of aromatic nitrogens is 3. The second kappa shape index (κ2) is 6.07. The van der Waals surface area contributed by atoms with E-state index in [9.17, 15) is 4.79 Å². The first kappa shape index (κ1) is 15.6. The van der Waals surface area contributed by atoms with E-state index in [1.54, 1.807) is 18.2 Å². The van der Waals surface area contributed by atoms with Crippen molar-refractivity contribution in [3.8, 4) is 28.5 Å². The summed E-state index contributed by atoms with van der Waals surface area (Å²) >= 11 is 0.